The minimum Gasteiger partial charge on any atom is -0.370 e. The molecule has 0 bridgehead atoms. The molecular formula is C20H37NO3S. The van der Waals surface area contributed by atoms with Gasteiger partial charge in [-0.3, -0.25) is 14.5 Å². The Morgan fingerprint density at radius 1 is 0.960 bits per heavy atom. The third-order valence-electron chi connectivity index (χ3n) is 4.13. The molecule has 1 rings (SSSR count). The van der Waals surface area contributed by atoms with Crippen molar-refractivity contribution >= 4 is 23.6 Å². The van der Waals surface area contributed by atoms with Gasteiger partial charge in [-0.25, -0.2) is 0 Å². The van der Waals surface area contributed by atoms with E-state index in [1.54, 1.807) is 11.8 Å². The first kappa shape index (κ1) is 22.5. The van der Waals surface area contributed by atoms with Crippen LogP contribution in [0.3, 0.4) is 0 Å². The maximum absolute atomic E-state index is 12.8. The van der Waals surface area contributed by atoms with Crippen molar-refractivity contribution < 1.29 is 14.3 Å². The van der Waals surface area contributed by atoms with Gasteiger partial charge < -0.3 is 4.74 Å². The lowest BCUT2D eigenvalue weighted by Gasteiger charge is -2.39. The lowest BCUT2D eigenvalue weighted by Crippen LogP contribution is -2.49. The molecule has 1 fully saturated rings. The smallest absolute Gasteiger partial charge is 0.243 e. The van der Waals surface area contributed by atoms with E-state index in [0.717, 1.165) is 12.8 Å². The number of hydrogen-bond donors (Lipinski definition) is 0. The molecule has 0 saturated carbocycles. The van der Waals surface area contributed by atoms with Crippen LogP contribution in [0.15, 0.2) is 0 Å². The fourth-order valence-electron chi connectivity index (χ4n) is 3.36. The summed E-state index contributed by atoms with van der Waals surface area (Å²) < 4.78 is 6.09. The van der Waals surface area contributed by atoms with Crippen LogP contribution in [-0.4, -0.2) is 43.5 Å². The number of likely N-dealkylation sites (tertiary alicyclic amines) is 1. The lowest BCUT2D eigenvalue weighted by atomic mass is 9.89. The normalized spacial score (nSPS) is 20.6. The standard InChI is InChI=1S/C20H37NO3S/c1-17(2,3)24-20(9,10)12-11-19(7,8)21-15(22)13-14(16(21)23)25-18(4,5)6/h14H,11-13H2,1-10H3. The van der Waals surface area contributed by atoms with Crippen LogP contribution in [0.25, 0.3) is 0 Å². The molecule has 0 N–H and O–H groups in total. The predicted octanol–water partition coefficient (Wildman–Crippen LogP) is 4.80. The van der Waals surface area contributed by atoms with Crippen LogP contribution in [0.2, 0.25) is 0 Å². The highest BCUT2D eigenvalue weighted by molar-refractivity contribution is 8.01. The molecule has 1 unspecified atom stereocenters. The number of imide groups is 1. The number of thioether (sulfide) groups is 1. The average Bonchev–Trinajstić information content (AvgIpc) is 2.57. The van der Waals surface area contributed by atoms with Crippen LogP contribution in [-0.2, 0) is 14.3 Å². The highest BCUT2D eigenvalue weighted by Gasteiger charge is 2.47. The minimum atomic E-state index is -0.500. The monoisotopic (exact) mass is 371 g/mol. The van der Waals surface area contributed by atoms with Gasteiger partial charge in [-0.1, -0.05) is 20.8 Å². The van der Waals surface area contributed by atoms with Crippen molar-refractivity contribution in [2.24, 2.45) is 0 Å². The first-order valence-electron chi connectivity index (χ1n) is 9.18. The molecule has 4 nitrogen and oxygen atoms in total. The summed E-state index contributed by atoms with van der Waals surface area (Å²) in [6, 6.07) is 0. The van der Waals surface area contributed by atoms with E-state index in [1.165, 1.54) is 4.90 Å². The number of amides is 2. The van der Waals surface area contributed by atoms with Gasteiger partial charge >= 0.3 is 0 Å². The summed E-state index contributed by atoms with van der Waals surface area (Å²) in [6.45, 7) is 20.5. The van der Waals surface area contributed by atoms with Gasteiger partial charge in [-0.15, -0.1) is 11.8 Å². The summed E-state index contributed by atoms with van der Waals surface area (Å²) in [6.07, 6.45) is 1.82. The van der Waals surface area contributed by atoms with Crippen molar-refractivity contribution in [3.05, 3.63) is 0 Å². The fraction of sp³-hybridized carbons (Fsp3) is 0.900. The number of rotatable bonds is 6. The van der Waals surface area contributed by atoms with Gasteiger partial charge in [0.2, 0.25) is 11.8 Å². The molecular weight excluding hydrogens is 334 g/mol. The Kier molecular flexibility index (Phi) is 6.50. The lowest BCUT2D eigenvalue weighted by molar-refractivity contribution is -0.147. The van der Waals surface area contributed by atoms with Gasteiger partial charge in [0.1, 0.15) is 0 Å². The molecule has 146 valence electrons. The molecule has 0 aliphatic carbocycles. The number of ether oxygens (including phenoxy) is 1. The van der Waals surface area contributed by atoms with Gasteiger partial charge in [-0.05, 0) is 61.3 Å². The second-order valence-electron chi connectivity index (χ2n) is 10.3. The van der Waals surface area contributed by atoms with E-state index >= 15 is 0 Å². The second kappa shape index (κ2) is 7.22. The van der Waals surface area contributed by atoms with E-state index in [4.69, 9.17) is 4.74 Å². The van der Waals surface area contributed by atoms with E-state index in [1.807, 2.05) is 34.6 Å². The highest BCUT2D eigenvalue weighted by atomic mass is 32.2. The zero-order valence-corrected chi connectivity index (χ0v) is 18.6. The second-order valence-corrected chi connectivity index (χ2v) is 12.3. The van der Waals surface area contributed by atoms with Crippen molar-refractivity contribution in [1.82, 2.24) is 4.90 Å². The van der Waals surface area contributed by atoms with Crippen LogP contribution in [0.1, 0.15) is 88.5 Å². The summed E-state index contributed by atoms with van der Waals surface area (Å²) in [5, 5.41) is -0.259. The quantitative estimate of drug-likeness (QED) is 0.629. The topological polar surface area (TPSA) is 46.6 Å². The molecule has 0 spiro atoms. The summed E-state index contributed by atoms with van der Waals surface area (Å²) in [5.74, 6) is -0.0873. The largest absolute Gasteiger partial charge is 0.370 e. The van der Waals surface area contributed by atoms with E-state index < -0.39 is 5.54 Å². The van der Waals surface area contributed by atoms with Crippen LogP contribution in [0, 0.1) is 0 Å². The molecule has 1 aliphatic rings. The van der Waals surface area contributed by atoms with Crippen LogP contribution >= 0.6 is 11.8 Å². The van der Waals surface area contributed by atoms with E-state index in [-0.39, 0.29) is 33.0 Å². The summed E-state index contributed by atoms with van der Waals surface area (Å²) in [7, 11) is 0. The van der Waals surface area contributed by atoms with Crippen molar-refractivity contribution in [3.8, 4) is 0 Å². The molecule has 1 saturated heterocycles. The van der Waals surface area contributed by atoms with Crippen LogP contribution < -0.4 is 0 Å². The minimum absolute atomic E-state index is 0.0375. The molecule has 2 amide bonds. The van der Waals surface area contributed by atoms with Gasteiger partial charge in [-0.2, -0.15) is 0 Å². The number of hydrogen-bond acceptors (Lipinski definition) is 4. The molecule has 0 aromatic heterocycles. The molecule has 1 aliphatic heterocycles. The SMILES string of the molecule is CC(C)(C)OC(C)(C)CCC(C)(C)N1C(=O)CC(SC(C)(C)C)C1=O. The molecule has 0 radical (unpaired) electrons. The number of carbonyl (C=O) groups is 2. The molecule has 0 aromatic rings. The number of nitrogens with zero attached hydrogens (tertiary/aromatic N) is 1. The van der Waals surface area contributed by atoms with Crippen molar-refractivity contribution in [2.75, 3.05) is 0 Å². The van der Waals surface area contributed by atoms with E-state index in [9.17, 15) is 9.59 Å². The summed E-state index contributed by atoms with van der Waals surface area (Å²) in [4.78, 5) is 26.9. The maximum Gasteiger partial charge on any atom is 0.243 e. The van der Waals surface area contributed by atoms with Crippen LogP contribution in [0.5, 0.6) is 0 Å². The zero-order valence-electron chi connectivity index (χ0n) is 17.8. The Balaban J connectivity index is 2.81. The molecule has 5 heteroatoms. The van der Waals surface area contributed by atoms with Gasteiger partial charge in [0.25, 0.3) is 0 Å². The average molecular weight is 372 g/mol. The Labute approximate surface area is 158 Å². The first-order chi connectivity index (χ1) is 10.9. The summed E-state index contributed by atoms with van der Waals surface area (Å²) in [5.41, 5.74) is -1.03. The Morgan fingerprint density at radius 2 is 1.48 bits per heavy atom. The summed E-state index contributed by atoms with van der Waals surface area (Å²) >= 11 is 1.59. The predicted molar refractivity (Wildman–Crippen MR) is 106 cm³/mol. The maximum atomic E-state index is 12.8. The van der Waals surface area contributed by atoms with E-state index in [2.05, 4.69) is 34.6 Å². The van der Waals surface area contributed by atoms with E-state index in [0.29, 0.717) is 6.42 Å². The molecule has 25 heavy (non-hydrogen) atoms. The third kappa shape index (κ3) is 6.93. The Bertz CT molecular complexity index is 512. The van der Waals surface area contributed by atoms with Crippen LogP contribution in [0.4, 0.5) is 0 Å². The first-order valence-corrected chi connectivity index (χ1v) is 10.1. The third-order valence-corrected chi connectivity index (χ3v) is 5.49. The number of carbonyl (C=O) groups excluding carboxylic acids is 2. The van der Waals surface area contributed by atoms with Crippen molar-refractivity contribution in [1.29, 1.82) is 0 Å². The van der Waals surface area contributed by atoms with Gasteiger partial charge in [0.15, 0.2) is 0 Å². The highest BCUT2D eigenvalue weighted by Crippen LogP contribution is 2.39. The molecule has 1 heterocycles. The van der Waals surface area contributed by atoms with Crippen molar-refractivity contribution in [2.45, 2.75) is 115 Å². The van der Waals surface area contributed by atoms with Gasteiger partial charge in [0.05, 0.1) is 16.5 Å². The molecule has 1 atom stereocenters. The Hall–Kier alpha value is -0.550. The van der Waals surface area contributed by atoms with Gasteiger partial charge in [0, 0.05) is 16.7 Å². The molecule has 0 aromatic carbocycles. The fourth-order valence-corrected chi connectivity index (χ4v) is 4.64. The Morgan fingerprint density at radius 3 is 1.92 bits per heavy atom. The van der Waals surface area contributed by atoms with Crippen molar-refractivity contribution in [3.63, 3.8) is 0 Å². The zero-order chi connectivity index (χ0) is 19.8.